The average Bonchev–Trinajstić information content (AvgIpc) is 2.43. The molecule has 0 aromatic rings. The van der Waals surface area contributed by atoms with Gasteiger partial charge in [-0.1, -0.05) is 13.8 Å². The minimum Gasteiger partial charge on any atom is -0.440 e. The Morgan fingerprint density at radius 3 is 2.58 bits per heavy atom. The molecule has 1 spiro atoms. The summed E-state index contributed by atoms with van der Waals surface area (Å²) in [6, 6.07) is 0. The molecule has 1 aliphatic heterocycles. The minimum atomic E-state index is -0.245. The van der Waals surface area contributed by atoms with Crippen molar-refractivity contribution in [2.75, 3.05) is 6.54 Å². The van der Waals surface area contributed by atoms with Crippen LogP contribution in [0.3, 0.4) is 0 Å². The standard InChI is InChI=1S/C9H15NO2/c1-8(2)4-3-5-9(8)6-10-7(11)12-9/h3-6H2,1-2H3,(H,10,11). The highest BCUT2D eigenvalue weighted by atomic mass is 16.6. The van der Waals surface area contributed by atoms with E-state index in [-0.39, 0.29) is 17.1 Å². The summed E-state index contributed by atoms with van der Waals surface area (Å²) in [6.45, 7) is 5.05. The van der Waals surface area contributed by atoms with Crippen molar-refractivity contribution in [3.05, 3.63) is 0 Å². The maximum atomic E-state index is 11.0. The molecule has 3 heteroatoms. The lowest BCUT2D eigenvalue weighted by atomic mass is 9.78. The summed E-state index contributed by atoms with van der Waals surface area (Å²) in [7, 11) is 0. The van der Waals surface area contributed by atoms with Crippen LogP contribution in [0.4, 0.5) is 4.79 Å². The summed E-state index contributed by atoms with van der Waals surface area (Å²) >= 11 is 0. The lowest BCUT2D eigenvalue weighted by molar-refractivity contribution is -0.0163. The molecule has 1 aliphatic carbocycles. The van der Waals surface area contributed by atoms with Crippen molar-refractivity contribution in [2.24, 2.45) is 5.41 Å². The SMILES string of the molecule is CC1(C)CCCC12CNC(=O)O2. The van der Waals surface area contributed by atoms with Gasteiger partial charge in [-0.25, -0.2) is 4.79 Å². The van der Waals surface area contributed by atoms with Gasteiger partial charge >= 0.3 is 6.09 Å². The van der Waals surface area contributed by atoms with Gasteiger partial charge in [-0.15, -0.1) is 0 Å². The number of amides is 1. The lowest BCUT2D eigenvalue weighted by Gasteiger charge is -2.35. The van der Waals surface area contributed by atoms with Gasteiger partial charge < -0.3 is 10.1 Å². The number of ether oxygens (including phenoxy) is 1. The van der Waals surface area contributed by atoms with Crippen LogP contribution in [-0.4, -0.2) is 18.2 Å². The largest absolute Gasteiger partial charge is 0.440 e. The molecular formula is C9H15NO2. The Labute approximate surface area is 72.5 Å². The highest BCUT2D eigenvalue weighted by Gasteiger charge is 2.54. The predicted octanol–water partition coefficient (Wildman–Crippen LogP) is 1.68. The van der Waals surface area contributed by atoms with E-state index >= 15 is 0 Å². The van der Waals surface area contributed by atoms with Crippen molar-refractivity contribution in [2.45, 2.75) is 38.7 Å². The van der Waals surface area contributed by atoms with E-state index in [1.54, 1.807) is 0 Å². The number of nitrogens with one attached hydrogen (secondary N) is 1. The van der Waals surface area contributed by atoms with Crippen molar-refractivity contribution >= 4 is 6.09 Å². The van der Waals surface area contributed by atoms with Crippen LogP contribution in [0.15, 0.2) is 0 Å². The van der Waals surface area contributed by atoms with Gasteiger partial charge in [0.15, 0.2) is 0 Å². The van der Waals surface area contributed by atoms with Gasteiger partial charge in [-0.3, -0.25) is 0 Å². The third-order valence-corrected chi connectivity index (χ3v) is 3.42. The predicted molar refractivity (Wildman–Crippen MR) is 44.8 cm³/mol. The Hall–Kier alpha value is -0.730. The van der Waals surface area contributed by atoms with Crippen LogP contribution in [0.2, 0.25) is 0 Å². The summed E-state index contributed by atoms with van der Waals surface area (Å²) in [5.41, 5.74) is -0.0593. The van der Waals surface area contributed by atoms with Gasteiger partial charge in [0, 0.05) is 5.41 Å². The zero-order valence-corrected chi connectivity index (χ0v) is 7.64. The molecule has 1 atom stereocenters. The Kier molecular flexibility index (Phi) is 1.41. The smallest absolute Gasteiger partial charge is 0.407 e. The molecule has 1 amide bonds. The molecular weight excluding hydrogens is 154 g/mol. The first kappa shape index (κ1) is 7.90. The van der Waals surface area contributed by atoms with Gasteiger partial charge in [0.1, 0.15) is 5.60 Å². The number of hydrogen-bond acceptors (Lipinski definition) is 2. The first-order valence-corrected chi connectivity index (χ1v) is 4.53. The second-order valence-corrected chi connectivity index (χ2v) is 4.47. The van der Waals surface area contributed by atoms with E-state index < -0.39 is 0 Å². The molecule has 0 bridgehead atoms. The number of carbonyl (C=O) groups is 1. The van der Waals surface area contributed by atoms with Crippen LogP contribution in [0.5, 0.6) is 0 Å². The summed E-state index contributed by atoms with van der Waals surface area (Å²) in [5.74, 6) is 0. The van der Waals surface area contributed by atoms with E-state index in [2.05, 4.69) is 19.2 Å². The summed E-state index contributed by atoms with van der Waals surface area (Å²) < 4.78 is 5.38. The molecule has 0 aromatic heterocycles. The maximum Gasteiger partial charge on any atom is 0.407 e. The highest BCUT2D eigenvalue weighted by molar-refractivity contribution is 5.70. The van der Waals surface area contributed by atoms with Crippen LogP contribution >= 0.6 is 0 Å². The molecule has 12 heavy (non-hydrogen) atoms. The summed E-state index contributed by atoms with van der Waals surface area (Å²) in [5, 5.41) is 2.75. The molecule has 2 rings (SSSR count). The normalized spacial score (nSPS) is 38.3. The second-order valence-electron chi connectivity index (χ2n) is 4.47. The van der Waals surface area contributed by atoms with E-state index in [1.165, 1.54) is 6.42 Å². The summed E-state index contributed by atoms with van der Waals surface area (Å²) in [6.07, 6.45) is 3.09. The molecule has 68 valence electrons. The molecule has 1 heterocycles. The maximum absolute atomic E-state index is 11.0. The van der Waals surface area contributed by atoms with Gasteiger partial charge in [-0.05, 0) is 19.3 Å². The van der Waals surface area contributed by atoms with E-state index in [4.69, 9.17) is 4.74 Å². The van der Waals surface area contributed by atoms with Gasteiger partial charge in [0.25, 0.3) is 0 Å². The van der Waals surface area contributed by atoms with Gasteiger partial charge in [0.05, 0.1) is 6.54 Å². The Morgan fingerprint density at radius 2 is 2.17 bits per heavy atom. The van der Waals surface area contributed by atoms with E-state index in [0.717, 1.165) is 12.8 Å². The average molecular weight is 169 g/mol. The van der Waals surface area contributed by atoms with E-state index in [1.807, 2.05) is 0 Å². The van der Waals surface area contributed by atoms with Crippen LogP contribution in [0.25, 0.3) is 0 Å². The molecule has 1 unspecified atom stereocenters. The fourth-order valence-electron chi connectivity index (χ4n) is 2.36. The zero-order chi connectivity index (χ0) is 8.82. The Balaban J connectivity index is 2.26. The molecule has 3 nitrogen and oxygen atoms in total. The molecule has 2 aliphatic rings. The number of rotatable bonds is 0. The van der Waals surface area contributed by atoms with Crippen LogP contribution in [-0.2, 0) is 4.74 Å². The Morgan fingerprint density at radius 1 is 1.42 bits per heavy atom. The molecule has 1 saturated heterocycles. The third-order valence-electron chi connectivity index (χ3n) is 3.42. The molecule has 1 saturated carbocycles. The van der Waals surface area contributed by atoms with Gasteiger partial charge in [-0.2, -0.15) is 0 Å². The van der Waals surface area contributed by atoms with Crippen molar-refractivity contribution < 1.29 is 9.53 Å². The van der Waals surface area contributed by atoms with E-state index in [0.29, 0.717) is 6.54 Å². The quantitative estimate of drug-likeness (QED) is 0.599. The van der Waals surface area contributed by atoms with Crippen molar-refractivity contribution in [1.29, 1.82) is 0 Å². The molecule has 1 N–H and O–H groups in total. The lowest BCUT2D eigenvalue weighted by Crippen LogP contribution is -2.43. The topological polar surface area (TPSA) is 38.3 Å². The fourth-order valence-corrected chi connectivity index (χ4v) is 2.36. The zero-order valence-electron chi connectivity index (χ0n) is 7.64. The molecule has 0 aromatic carbocycles. The fraction of sp³-hybridized carbons (Fsp3) is 0.889. The monoisotopic (exact) mass is 169 g/mol. The third kappa shape index (κ3) is 0.853. The summed E-state index contributed by atoms with van der Waals surface area (Å²) in [4.78, 5) is 11.0. The molecule has 0 radical (unpaired) electrons. The van der Waals surface area contributed by atoms with Crippen molar-refractivity contribution in [1.82, 2.24) is 5.32 Å². The van der Waals surface area contributed by atoms with Crippen LogP contribution < -0.4 is 5.32 Å². The van der Waals surface area contributed by atoms with Crippen molar-refractivity contribution in [3.8, 4) is 0 Å². The highest BCUT2D eigenvalue weighted by Crippen LogP contribution is 2.49. The number of carbonyl (C=O) groups excluding carboxylic acids is 1. The molecule has 2 fully saturated rings. The first-order valence-electron chi connectivity index (χ1n) is 4.53. The van der Waals surface area contributed by atoms with Gasteiger partial charge in [0.2, 0.25) is 0 Å². The first-order chi connectivity index (χ1) is 5.56. The number of alkyl carbamates (subject to hydrolysis) is 1. The second kappa shape index (κ2) is 2.15. The minimum absolute atomic E-state index is 0.145. The van der Waals surface area contributed by atoms with Crippen LogP contribution in [0.1, 0.15) is 33.1 Å². The number of hydrogen-bond donors (Lipinski definition) is 1. The van der Waals surface area contributed by atoms with Crippen molar-refractivity contribution in [3.63, 3.8) is 0 Å². The Bertz CT molecular complexity index is 225. The van der Waals surface area contributed by atoms with Crippen LogP contribution in [0, 0.1) is 5.41 Å². The van der Waals surface area contributed by atoms with E-state index in [9.17, 15) is 4.79 Å².